The highest BCUT2D eigenvalue weighted by molar-refractivity contribution is 5.93. The Morgan fingerprint density at radius 1 is 1.16 bits per heavy atom. The van der Waals surface area contributed by atoms with Crippen LogP contribution in [0.5, 0.6) is 0 Å². The van der Waals surface area contributed by atoms with E-state index in [2.05, 4.69) is 47.2 Å². The van der Waals surface area contributed by atoms with E-state index in [0.717, 1.165) is 30.5 Å². The molecule has 0 bridgehead atoms. The van der Waals surface area contributed by atoms with Gasteiger partial charge in [-0.25, -0.2) is 4.98 Å². The maximum atomic E-state index is 11.9. The van der Waals surface area contributed by atoms with E-state index >= 15 is 0 Å². The maximum Gasteiger partial charge on any atom is 0.228 e. The van der Waals surface area contributed by atoms with E-state index in [0.29, 0.717) is 11.9 Å². The number of hydrogen-bond acceptors (Lipinski definition) is 3. The van der Waals surface area contributed by atoms with E-state index < -0.39 is 0 Å². The number of carbonyl (C=O) groups is 1. The quantitative estimate of drug-likeness (QED) is 0.901. The van der Waals surface area contributed by atoms with E-state index in [-0.39, 0.29) is 11.8 Å². The number of rotatable bonds is 4. The van der Waals surface area contributed by atoms with Crippen molar-refractivity contribution in [2.75, 3.05) is 16.8 Å². The molecule has 1 saturated heterocycles. The number of benzene rings is 1. The molecule has 1 aromatic heterocycles. The van der Waals surface area contributed by atoms with Gasteiger partial charge in [-0.15, -0.1) is 0 Å². The molecule has 1 N–H and O–H groups in total. The Hall–Kier alpha value is -2.36. The van der Waals surface area contributed by atoms with Crippen LogP contribution in [0, 0.1) is 12.8 Å². The van der Waals surface area contributed by atoms with Crippen LogP contribution in [-0.4, -0.2) is 23.5 Å². The molecule has 4 rings (SSSR count). The number of aryl methyl sites for hydroxylation is 1. The van der Waals surface area contributed by atoms with Crippen molar-refractivity contribution in [3.8, 4) is 11.1 Å². The van der Waals surface area contributed by atoms with Gasteiger partial charge >= 0.3 is 0 Å². The van der Waals surface area contributed by atoms with Crippen molar-refractivity contribution in [3.05, 3.63) is 42.1 Å². The van der Waals surface area contributed by atoms with Crippen molar-refractivity contribution in [1.29, 1.82) is 0 Å². The fourth-order valence-corrected chi connectivity index (χ4v) is 3.70. The summed E-state index contributed by atoms with van der Waals surface area (Å²) in [5, 5.41) is 2.93. The van der Waals surface area contributed by atoms with Crippen molar-refractivity contribution >= 4 is 17.4 Å². The van der Waals surface area contributed by atoms with Gasteiger partial charge in [0.05, 0.1) is 0 Å². The van der Waals surface area contributed by atoms with Crippen molar-refractivity contribution in [1.82, 2.24) is 4.98 Å². The van der Waals surface area contributed by atoms with Crippen molar-refractivity contribution in [2.24, 2.45) is 5.92 Å². The molecule has 2 fully saturated rings. The molecule has 1 aliphatic carbocycles. The normalized spacial score (nSPS) is 19.9. The minimum Gasteiger partial charge on any atom is -0.369 e. The third-order valence-electron chi connectivity index (χ3n) is 5.35. The average molecular weight is 335 g/mol. The van der Waals surface area contributed by atoms with Gasteiger partial charge in [-0.2, -0.15) is 0 Å². The molecule has 0 radical (unpaired) electrons. The number of pyridine rings is 1. The van der Waals surface area contributed by atoms with Crippen LogP contribution in [0.3, 0.4) is 0 Å². The van der Waals surface area contributed by atoms with Gasteiger partial charge in [0, 0.05) is 30.4 Å². The zero-order valence-electron chi connectivity index (χ0n) is 15.0. The first-order chi connectivity index (χ1) is 12.1. The lowest BCUT2D eigenvalue weighted by Crippen LogP contribution is -2.26. The molecule has 25 heavy (non-hydrogen) atoms. The van der Waals surface area contributed by atoms with Gasteiger partial charge in [0.25, 0.3) is 0 Å². The third kappa shape index (κ3) is 3.39. The first-order valence-electron chi connectivity index (χ1n) is 9.26. The van der Waals surface area contributed by atoms with Crippen LogP contribution in [-0.2, 0) is 4.79 Å². The van der Waals surface area contributed by atoms with Crippen LogP contribution >= 0.6 is 0 Å². The Balaban J connectivity index is 1.57. The van der Waals surface area contributed by atoms with Crippen LogP contribution in [0.2, 0.25) is 0 Å². The Bertz CT molecular complexity index is 797. The summed E-state index contributed by atoms with van der Waals surface area (Å²) in [7, 11) is 0. The molecule has 4 nitrogen and oxygen atoms in total. The first kappa shape index (κ1) is 16.1. The fourth-order valence-electron chi connectivity index (χ4n) is 3.70. The van der Waals surface area contributed by atoms with Crippen LogP contribution < -0.4 is 10.2 Å². The molecule has 1 amide bonds. The van der Waals surface area contributed by atoms with Gasteiger partial charge in [0.2, 0.25) is 5.91 Å². The van der Waals surface area contributed by atoms with Crippen LogP contribution in [0.15, 0.2) is 36.5 Å². The molecule has 2 heterocycles. The molecule has 2 aliphatic rings. The monoisotopic (exact) mass is 335 g/mol. The van der Waals surface area contributed by atoms with E-state index in [1.54, 1.807) is 6.20 Å². The van der Waals surface area contributed by atoms with E-state index in [9.17, 15) is 4.79 Å². The molecule has 2 aromatic rings. The average Bonchev–Trinajstić information content (AvgIpc) is 3.38. The molecule has 1 saturated carbocycles. The second-order valence-electron chi connectivity index (χ2n) is 7.38. The highest BCUT2D eigenvalue weighted by Gasteiger charge is 2.29. The summed E-state index contributed by atoms with van der Waals surface area (Å²) >= 11 is 0. The first-order valence-corrected chi connectivity index (χ1v) is 9.26. The highest BCUT2D eigenvalue weighted by atomic mass is 16.2. The second kappa shape index (κ2) is 6.51. The number of nitrogens with zero attached hydrogens (tertiary/aromatic N) is 2. The highest BCUT2D eigenvalue weighted by Crippen LogP contribution is 2.33. The molecule has 0 spiro atoms. The number of hydrogen-bond donors (Lipinski definition) is 1. The summed E-state index contributed by atoms with van der Waals surface area (Å²) in [5.41, 5.74) is 4.89. The van der Waals surface area contributed by atoms with E-state index in [1.165, 1.54) is 24.1 Å². The van der Waals surface area contributed by atoms with Gasteiger partial charge in [-0.05, 0) is 80.5 Å². The van der Waals surface area contributed by atoms with Gasteiger partial charge < -0.3 is 10.2 Å². The topological polar surface area (TPSA) is 45.2 Å². The summed E-state index contributed by atoms with van der Waals surface area (Å²) in [4.78, 5) is 18.7. The number of anilines is 2. The Morgan fingerprint density at radius 3 is 2.64 bits per heavy atom. The van der Waals surface area contributed by atoms with Gasteiger partial charge in [-0.1, -0.05) is 6.07 Å². The summed E-state index contributed by atoms with van der Waals surface area (Å²) in [6.45, 7) is 5.63. The smallest absolute Gasteiger partial charge is 0.228 e. The van der Waals surface area contributed by atoms with Crippen LogP contribution in [0.4, 0.5) is 11.5 Å². The molecule has 1 aromatic carbocycles. The third-order valence-corrected chi connectivity index (χ3v) is 5.35. The largest absolute Gasteiger partial charge is 0.369 e. The Labute approximate surface area is 149 Å². The maximum absolute atomic E-state index is 11.9. The van der Waals surface area contributed by atoms with Crippen molar-refractivity contribution in [3.63, 3.8) is 0 Å². The zero-order valence-corrected chi connectivity index (χ0v) is 15.0. The summed E-state index contributed by atoms with van der Waals surface area (Å²) in [6, 6.07) is 11.2. The predicted molar refractivity (Wildman–Crippen MR) is 102 cm³/mol. The number of carbonyl (C=O) groups excluding carboxylic acids is 1. The summed E-state index contributed by atoms with van der Waals surface area (Å²) in [5.74, 6) is 0.929. The summed E-state index contributed by atoms with van der Waals surface area (Å²) < 4.78 is 0. The minimum atomic E-state index is 0.0965. The van der Waals surface area contributed by atoms with E-state index in [4.69, 9.17) is 0 Å². The number of nitrogens with one attached hydrogen (secondary N) is 1. The SMILES string of the molecule is Cc1cc(-c2ccnc(NC(=O)C3CC3)c2)ccc1N1CCC[C@@H]1C. The Kier molecular flexibility index (Phi) is 4.20. The van der Waals surface area contributed by atoms with Crippen LogP contribution in [0.25, 0.3) is 11.1 Å². The van der Waals surface area contributed by atoms with Crippen molar-refractivity contribution < 1.29 is 4.79 Å². The fraction of sp³-hybridized carbons (Fsp3) is 0.429. The molecule has 130 valence electrons. The molecular formula is C21H25N3O. The second-order valence-corrected chi connectivity index (χ2v) is 7.38. The molecule has 1 atom stereocenters. The molecule has 0 unspecified atom stereocenters. The van der Waals surface area contributed by atoms with E-state index in [1.807, 2.05) is 12.1 Å². The molecule has 1 aliphatic heterocycles. The lowest BCUT2D eigenvalue weighted by atomic mass is 10.0. The van der Waals surface area contributed by atoms with Crippen LogP contribution in [0.1, 0.15) is 38.2 Å². The number of aromatic nitrogens is 1. The van der Waals surface area contributed by atoms with Gasteiger partial charge in [-0.3, -0.25) is 4.79 Å². The summed E-state index contributed by atoms with van der Waals surface area (Å²) in [6.07, 6.45) is 6.32. The lowest BCUT2D eigenvalue weighted by Gasteiger charge is -2.26. The standard InChI is InChI=1S/C21H25N3O/c1-14-12-17(7-8-19(14)24-11-3-4-15(24)2)18-9-10-22-20(13-18)23-21(25)16-5-6-16/h7-10,12-13,15-16H,3-6,11H2,1-2H3,(H,22,23,25)/t15-/m0/s1. The van der Waals surface area contributed by atoms with Crippen molar-refractivity contribution in [2.45, 2.75) is 45.6 Å². The Morgan fingerprint density at radius 2 is 1.96 bits per heavy atom. The lowest BCUT2D eigenvalue weighted by molar-refractivity contribution is -0.117. The number of amides is 1. The van der Waals surface area contributed by atoms with Gasteiger partial charge in [0.15, 0.2) is 0 Å². The molecule has 4 heteroatoms. The van der Waals surface area contributed by atoms with Gasteiger partial charge in [0.1, 0.15) is 5.82 Å². The minimum absolute atomic E-state index is 0.0965. The predicted octanol–water partition coefficient (Wildman–Crippen LogP) is 4.39. The zero-order chi connectivity index (χ0) is 17.4. The molecular weight excluding hydrogens is 310 g/mol.